The quantitative estimate of drug-likeness (QED) is 0.869. The molecule has 2 aromatic rings. The molecule has 1 unspecified atom stereocenters. The topological polar surface area (TPSA) is 49.4 Å². The molecule has 1 atom stereocenters. The van der Waals surface area contributed by atoms with Gasteiger partial charge in [-0.25, -0.2) is 0 Å². The Morgan fingerprint density at radius 1 is 1.15 bits per heavy atom. The first-order valence-electron chi connectivity index (χ1n) is 9.30. The fraction of sp³-hybridized carbons (Fsp3) is 0.364. The van der Waals surface area contributed by atoms with Crippen molar-refractivity contribution in [3.8, 4) is 0 Å². The summed E-state index contributed by atoms with van der Waals surface area (Å²) in [5.41, 5.74) is 4.43. The molecule has 0 saturated carbocycles. The van der Waals surface area contributed by atoms with Crippen molar-refractivity contribution in [3.63, 3.8) is 0 Å². The van der Waals surface area contributed by atoms with Crippen molar-refractivity contribution in [2.24, 2.45) is 5.92 Å². The van der Waals surface area contributed by atoms with Gasteiger partial charge >= 0.3 is 0 Å². The van der Waals surface area contributed by atoms with E-state index in [4.69, 9.17) is 0 Å². The van der Waals surface area contributed by atoms with Gasteiger partial charge in [-0.1, -0.05) is 55.5 Å². The summed E-state index contributed by atoms with van der Waals surface area (Å²) >= 11 is 0. The fourth-order valence-corrected chi connectivity index (χ4v) is 3.61. The summed E-state index contributed by atoms with van der Waals surface area (Å²) in [7, 11) is 0. The highest BCUT2D eigenvalue weighted by Gasteiger charge is 2.36. The van der Waals surface area contributed by atoms with Crippen molar-refractivity contribution in [2.75, 3.05) is 18.0 Å². The van der Waals surface area contributed by atoms with Crippen LogP contribution in [0.3, 0.4) is 0 Å². The monoisotopic (exact) mass is 350 g/mol. The Labute approximate surface area is 155 Å². The van der Waals surface area contributed by atoms with E-state index in [0.717, 1.165) is 29.7 Å². The number of benzene rings is 2. The largest absolute Gasteiger partial charge is 0.355 e. The third-order valence-electron chi connectivity index (χ3n) is 5.02. The van der Waals surface area contributed by atoms with Crippen molar-refractivity contribution in [3.05, 3.63) is 65.2 Å². The van der Waals surface area contributed by atoms with Crippen molar-refractivity contribution < 1.29 is 9.59 Å². The van der Waals surface area contributed by atoms with Crippen LogP contribution in [0, 0.1) is 12.8 Å². The minimum Gasteiger partial charge on any atom is -0.355 e. The zero-order valence-corrected chi connectivity index (χ0v) is 15.5. The Kier molecular flexibility index (Phi) is 5.71. The summed E-state index contributed by atoms with van der Waals surface area (Å²) in [6.07, 6.45) is 1.96. The maximum atomic E-state index is 12.6. The van der Waals surface area contributed by atoms with Gasteiger partial charge in [0.25, 0.3) is 0 Å². The number of hydrogen-bond acceptors (Lipinski definition) is 2. The molecular formula is C22H26N2O2. The zero-order valence-electron chi connectivity index (χ0n) is 15.5. The molecule has 1 heterocycles. The second-order valence-electron chi connectivity index (χ2n) is 6.87. The van der Waals surface area contributed by atoms with E-state index in [0.29, 0.717) is 13.1 Å². The summed E-state index contributed by atoms with van der Waals surface area (Å²) in [5.74, 6) is -0.261. The van der Waals surface area contributed by atoms with E-state index in [1.54, 1.807) is 4.90 Å². The predicted octanol–water partition coefficient (Wildman–Crippen LogP) is 3.27. The zero-order chi connectivity index (χ0) is 18.5. The number of aryl methyl sites for hydroxylation is 2. The Morgan fingerprint density at radius 2 is 1.92 bits per heavy atom. The first kappa shape index (κ1) is 18.2. The first-order valence-corrected chi connectivity index (χ1v) is 9.30. The molecule has 3 rings (SSSR count). The maximum Gasteiger partial charge on any atom is 0.227 e. The van der Waals surface area contributed by atoms with E-state index >= 15 is 0 Å². The van der Waals surface area contributed by atoms with Crippen LogP contribution in [0.1, 0.15) is 30.0 Å². The molecule has 136 valence electrons. The number of nitrogens with zero attached hydrogens (tertiary/aromatic N) is 1. The van der Waals surface area contributed by atoms with Crippen LogP contribution < -0.4 is 10.2 Å². The van der Waals surface area contributed by atoms with E-state index in [2.05, 4.69) is 30.4 Å². The summed E-state index contributed by atoms with van der Waals surface area (Å²) in [5, 5.41) is 2.99. The van der Waals surface area contributed by atoms with Gasteiger partial charge in [-0.3, -0.25) is 9.59 Å². The molecule has 2 aromatic carbocycles. The summed E-state index contributed by atoms with van der Waals surface area (Å²) in [6, 6.07) is 16.2. The number of hydrogen-bond donors (Lipinski definition) is 1. The summed E-state index contributed by atoms with van der Waals surface area (Å²) in [6.45, 7) is 5.17. The third-order valence-corrected chi connectivity index (χ3v) is 5.02. The highest BCUT2D eigenvalue weighted by molar-refractivity contribution is 6.01. The van der Waals surface area contributed by atoms with Crippen LogP contribution in [0.5, 0.6) is 0 Å². The van der Waals surface area contributed by atoms with Gasteiger partial charge < -0.3 is 10.2 Å². The van der Waals surface area contributed by atoms with Crippen molar-refractivity contribution in [1.29, 1.82) is 0 Å². The van der Waals surface area contributed by atoms with Crippen LogP contribution in [0.2, 0.25) is 0 Å². The molecule has 2 amide bonds. The van der Waals surface area contributed by atoms with Gasteiger partial charge in [-0.2, -0.15) is 0 Å². The van der Waals surface area contributed by atoms with Crippen LogP contribution in [0.25, 0.3) is 0 Å². The lowest BCUT2D eigenvalue weighted by Gasteiger charge is -2.22. The number of nitrogens with one attached hydrogen (secondary N) is 1. The number of carbonyl (C=O) groups excluding carboxylic acids is 2. The van der Waals surface area contributed by atoms with Crippen LogP contribution in [-0.4, -0.2) is 24.9 Å². The van der Waals surface area contributed by atoms with Gasteiger partial charge in [0.1, 0.15) is 0 Å². The van der Waals surface area contributed by atoms with Gasteiger partial charge in [0, 0.05) is 25.2 Å². The summed E-state index contributed by atoms with van der Waals surface area (Å²) < 4.78 is 0. The number of carbonyl (C=O) groups is 2. The lowest BCUT2D eigenvalue weighted by atomic mass is 10.0. The van der Waals surface area contributed by atoms with Crippen molar-refractivity contribution >= 4 is 17.5 Å². The van der Waals surface area contributed by atoms with Gasteiger partial charge in [0.05, 0.1) is 5.92 Å². The molecular weight excluding hydrogens is 324 g/mol. The Balaban J connectivity index is 1.62. The molecule has 4 nitrogen and oxygen atoms in total. The standard InChI is InChI=1S/C22H26N2O2/c1-3-18-11-7-8-16(2)21(18)24-15-19(14-20(24)25)22(26)23-13-12-17-9-5-4-6-10-17/h4-11,19H,3,12-15H2,1-2H3,(H,23,26). The smallest absolute Gasteiger partial charge is 0.227 e. The highest BCUT2D eigenvalue weighted by atomic mass is 16.2. The predicted molar refractivity (Wildman–Crippen MR) is 104 cm³/mol. The van der Waals surface area contributed by atoms with Crippen LogP contribution in [0.15, 0.2) is 48.5 Å². The van der Waals surface area contributed by atoms with Gasteiger partial charge in [0.2, 0.25) is 11.8 Å². The fourth-order valence-electron chi connectivity index (χ4n) is 3.61. The van der Waals surface area contributed by atoms with Crippen molar-refractivity contribution in [1.82, 2.24) is 5.32 Å². The van der Waals surface area contributed by atoms with E-state index < -0.39 is 0 Å². The molecule has 0 aliphatic carbocycles. The molecule has 0 radical (unpaired) electrons. The third kappa shape index (κ3) is 3.96. The lowest BCUT2D eigenvalue weighted by molar-refractivity contribution is -0.126. The van der Waals surface area contributed by atoms with Gasteiger partial charge in [0.15, 0.2) is 0 Å². The van der Waals surface area contributed by atoms with Crippen LogP contribution in [0.4, 0.5) is 5.69 Å². The maximum absolute atomic E-state index is 12.6. The van der Waals surface area contributed by atoms with E-state index in [1.807, 2.05) is 37.3 Å². The molecule has 1 aliphatic heterocycles. The minimum atomic E-state index is -0.275. The molecule has 1 fully saturated rings. The van der Waals surface area contributed by atoms with E-state index in [1.165, 1.54) is 5.56 Å². The molecule has 0 bridgehead atoms. The normalized spacial score (nSPS) is 16.8. The Bertz CT molecular complexity index is 786. The van der Waals surface area contributed by atoms with Gasteiger partial charge in [-0.05, 0) is 36.5 Å². The number of para-hydroxylation sites is 1. The van der Waals surface area contributed by atoms with Crippen LogP contribution >= 0.6 is 0 Å². The number of rotatable bonds is 6. The van der Waals surface area contributed by atoms with Crippen LogP contribution in [-0.2, 0) is 22.4 Å². The van der Waals surface area contributed by atoms with E-state index in [9.17, 15) is 9.59 Å². The molecule has 0 spiro atoms. The molecule has 0 aromatic heterocycles. The SMILES string of the molecule is CCc1cccc(C)c1N1CC(C(=O)NCCc2ccccc2)CC1=O. The van der Waals surface area contributed by atoms with Crippen molar-refractivity contribution in [2.45, 2.75) is 33.1 Å². The second-order valence-corrected chi connectivity index (χ2v) is 6.87. The Morgan fingerprint density at radius 3 is 2.65 bits per heavy atom. The Hall–Kier alpha value is -2.62. The molecule has 1 saturated heterocycles. The molecule has 26 heavy (non-hydrogen) atoms. The summed E-state index contributed by atoms with van der Waals surface area (Å²) in [4.78, 5) is 26.9. The van der Waals surface area contributed by atoms with Gasteiger partial charge in [-0.15, -0.1) is 0 Å². The average molecular weight is 350 g/mol. The second kappa shape index (κ2) is 8.17. The number of anilines is 1. The molecule has 1 aliphatic rings. The minimum absolute atomic E-state index is 0.0246. The molecule has 1 N–H and O–H groups in total. The van der Waals surface area contributed by atoms with E-state index in [-0.39, 0.29) is 24.2 Å². The highest BCUT2D eigenvalue weighted by Crippen LogP contribution is 2.31. The number of amides is 2. The molecule has 4 heteroatoms. The average Bonchev–Trinajstić information content (AvgIpc) is 3.03. The first-order chi connectivity index (χ1) is 12.6. The lowest BCUT2D eigenvalue weighted by Crippen LogP contribution is -2.34.